The summed E-state index contributed by atoms with van der Waals surface area (Å²) in [5.41, 5.74) is 6.74. The van der Waals surface area contributed by atoms with E-state index in [4.69, 9.17) is 22.2 Å². The summed E-state index contributed by atoms with van der Waals surface area (Å²) in [7, 11) is 0. The van der Waals surface area contributed by atoms with Crippen molar-refractivity contribution < 1.29 is 9.63 Å². The summed E-state index contributed by atoms with van der Waals surface area (Å²) in [6.45, 7) is 5.48. The van der Waals surface area contributed by atoms with Crippen molar-refractivity contribution in [3.8, 4) is 0 Å². The molecule has 0 bridgehead atoms. The van der Waals surface area contributed by atoms with Gasteiger partial charge in [-0.05, 0) is 37.3 Å². The van der Waals surface area contributed by atoms with Crippen LogP contribution in [0.2, 0.25) is 5.02 Å². The van der Waals surface area contributed by atoms with Crippen LogP contribution in [0.15, 0.2) is 29.4 Å². The molecule has 2 N–H and O–H groups in total. The largest absolute Gasteiger partial charge is 0.384 e. The van der Waals surface area contributed by atoms with Gasteiger partial charge in [-0.3, -0.25) is 4.79 Å². The molecule has 1 aromatic carbocycles. The molecule has 1 aliphatic rings. The third kappa shape index (κ3) is 5.13. The minimum absolute atomic E-state index is 0.0359. The zero-order valence-corrected chi connectivity index (χ0v) is 14.4. The van der Waals surface area contributed by atoms with Gasteiger partial charge in [-0.15, -0.1) is 0 Å². The molecule has 5 nitrogen and oxygen atoms in total. The van der Waals surface area contributed by atoms with Crippen LogP contribution in [-0.4, -0.2) is 35.8 Å². The van der Waals surface area contributed by atoms with Crippen LogP contribution in [0.3, 0.4) is 0 Å². The first-order valence-electron chi connectivity index (χ1n) is 7.97. The van der Waals surface area contributed by atoms with Crippen LogP contribution in [0.5, 0.6) is 0 Å². The maximum atomic E-state index is 12.3. The van der Waals surface area contributed by atoms with Gasteiger partial charge in [-0.25, -0.2) is 0 Å². The molecule has 1 aliphatic heterocycles. The smallest absolute Gasteiger partial charge is 0.266 e. The SMILES string of the molecule is CC1CCN(C(=O)[C@H](C)O/N=C(\N)Cc2ccccc2Cl)CC1. The third-order valence-electron chi connectivity index (χ3n) is 4.10. The highest BCUT2D eigenvalue weighted by atomic mass is 35.5. The van der Waals surface area contributed by atoms with E-state index >= 15 is 0 Å². The van der Waals surface area contributed by atoms with Crippen LogP contribution in [0.4, 0.5) is 0 Å². The van der Waals surface area contributed by atoms with Crippen LogP contribution < -0.4 is 5.73 Å². The Morgan fingerprint density at radius 1 is 1.43 bits per heavy atom. The van der Waals surface area contributed by atoms with Crippen molar-refractivity contribution in [2.45, 2.75) is 39.2 Å². The highest BCUT2D eigenvalue weighted by Gasteiger charge is 2.25. The number of benzene rings is 1. The number of rotatable bonds is 5. The molecule has 23 heavy (non-hydrogen) atoms. The lowest BCUT2D eigenvalue weighted by Gasteiger charge is -2.31. The molecule has 0 spiro atoms. The zero-order valence-electron chi connectivity index (χ0n) is 13.7. The van der Waals surface area contributed by atoms with E-state index in [1.165, 1.54) is 0 Å². The topological polar surface area (TPSA) is 67.9 Å². The number of carbonyl (C=O) groups is 1. The fourth-order valence-corrected chi connectivity index (χ4v) is 2.75. The fraction of sp³-hybridized carbons (Fsp3) is 0.529. The number of oxime groups is 1. The summed E-state index contributed by atoms with van der Waals surface area (Å²) < 4.78 is 0. The van der Waals surface area contributed by atoms with Crippen molar-refractivity contribution in [3.05, 3.63) is 34.9 Å². The first kappa shape index (κ1) is 17.6. The summed E-state index contributed by atoms with van der Waals surface area (Å²) in [6, 6.07) is 7.43. The van der Waals surface area contributed by atoms with E-state index < -0.39 is 6.10 Å². The van der Waals surface area contributed by atoms with Crippen molar-refractivity contribution >= 4 is 23.3 Å². The summed E-state index contributed by atoms with van der Waals surface area (Å²) in [5, 5.41) is 4.52. The van der Waals surface area contributed by atoms with Gasteiger partial charge < -0.3 is 15.5 Å². The Balaban J connectivity index is 1.86. The highest BCUT2D eigenvalue weighted by molar-refractivity contribution is 6.31. The van der Waals surface area contributed by atoms with Crippen molar-refractivity contribution in [1.82, 2.24) is 4.90 Å². The Morgan fingerprint density at radius 3 is 2.74 bits per heavy atom. The van der Waals surface area contributed by atoms with Crippen LogP contribution in [-0.2, 0) is 16.1 Å². The first-order chi connectivity index (χ1) is 11.0. The molecule has 6 heteroatoms. The third-order valence-corrected chi connectivity index (χ3v) is 4.47. The number of hydrogen-bond donors (Lipinski definition) is 1. The molecule has 1 atom stereocenters. The average molecular weight is 338 g/mol. The molecule has 0 saturated carbocycles. The van der Waals surface area contributed by atoms with Crippen molar-refractivity contribution in [2.24, 2.45) is 16.8 Å². The number of amides is 1. The van der Waals surface area contributed by atoms with Crippen LogP contribution in [0.1, 0.15) is 32.3 Å². The van der Waals surface area contributed by atoms with Crippen molar-refractivity contribution in [1.29, 1.82) is 0 Å². The van der Waals surface area contributed by atoms with Gasteiger partial charge in [0.25, 0.3) is 5.91 Å². The second-order valence-electron chi connectivity index (χ2n) is 6.11. The number of piperidine rings is 1. The van der Waals surface area contributed by atoms with Gasteiger partial charge in [0.05, 0.1) is 0 Å². The van der Waals surface area contributed by atoms with Crippen LogP contribution in [0, 0.1) is 5.92 Å². The predicted molar refractivity (Wildman–Crippen MR) is 92.3 cm³/mol. The van der Waals surface area contributed by atoms with E-state index in [1.807, 2.05) is 23.1 Å². The molecule has 0 aromatic heterocycles. The maximum Gasteiger partial charge on any atom is 0.266 e. The number of hydrogen-bond acceptors (Lipinski definition) is 3. The van der Waals surface area contributed by atoms with E-state index in [0.717, 1.165) is 31.5 Å². The first-order valence-corrected chi connectivity index (χ1v) is 8.35. The van der Waals surface area contributed by atoms with Gasteiger partial charge in [0, 0.05) is 24.5 Å². The summed E-state index contributed by atoms with van der Waals surface area (Å²) >= 11 is 6.08. The molecular weight excluding hydrogens is 314 g/mol. The van der Waals surface area contributed by atoms with E-state index in [1.54, 1.807) is 13.0 Å². The van der Waals surface area contributed by atoms with Gasteiger partial charge in [-0.2, -0.15) is 0 Å². The molecule has 0 radical (unpaired) electrons. The minimum atomic E-state index is -0.631. The number of likely N-dealkylation sites (tertiary alicyclic amines) is 1. The number of amidine groups is 1. The molecule has 1 amide bonds. The lowest BCUT2D eigenvalue weighted by molar-refractivity contribution is -0.144. The van der Waals surface area contributed by atoms with E-state index in [0.29, 0.717) is 23.2 Å². The van der Waals surface area contributed by atoms with Crippen LogP contribution >= 0.6 is 11.6 Å². The van der Waals surface area contributed by atoms with Crippen molar-refractivity contribution in [3.63, 3.8) is 0 Å². The second kappa shape index (κ2) is 8.20. The van der Waals surface area contributed by atoms with Gasteiger partial charge >= 0.3 is 0 Å². The Morgan fingerprint density at radius 2 is 2.09 bits per heavy atom. The number of carbonyl (C=O) groups excluding carboxylic acids is 1. The van der Waals surface area contributed by atoms with E-state index in [9.17, 15) is 4.79 Å². The van der Waals surface area contributed by atoms with Gasteiger partial charge in [0.1, 0.15) is 5.84 Å². The minimum Gasteiger partial charge on any atom is -0.384 e. The summed E-state index contributed by atoms with van der Waals surface area (Å²) in [5.74, 6) is 0.941. The standard InChI is InChI=1S/C17H24ClN3O2/c1-12-7-9-21(10-8-12)17(22)13(2)23-20-16(19)11-14-5-3-4-6-15(14)18/h3-6,12-13H,7-11H2,1-2H3,(H2,19,20)/t13-/m0/s1. The maximum absolute atomic E-state index is 12.3. The molecule has 1 fully saturated rings. The number of halogens is 1. The number of nitrogens with zero attached hydrogens (tertiary/aromatic N) is 2. The van der Waals surface area contributed by atoms with E-state index in [-0.39, 0.29) is 5.91 Å². The normalized spacial score (nSPS) is 17.9. The predicted octanol–water partition coefficient (Wildman–Crippen LogP) is 2.82. The van der Waals surface area contributed by atoms with Gasteiger partial charge in [-0.1, -0.05) is 41.9 Å². The molecule has 0 aliphatic carbocycles. The second-order valence-corrected chi connectivity index (χ2v) is 6.51. The Labute approximate surface area is 142 Å². The Hall–Kier alpha value is -1.75. The van der Waals surface area contributed by atoms with Crippen molar-refractivity contribution in [2.75, 3.05) is 13.1 Å². The highest BCUT2D eigenvalue weighted by Crippen LogP contribution is 2.17. The Bertz CT molecular complexity index is 569. The quantitative estimate of drug-likeness (QED) is 0.510. The monoisotopic (exact) mass is 337 g/mol. The molecule has 1 heterocycles. The summed E-state index contributed by atoms with van der Waals surface area (Å²) in [6.07, 6.45) is 1.84. The van der Waals surface area contributed by atoms with Crippen LogP contribution in [0.25, 0.3) is 0 Å². The fourth-order valence-electron chi connectivity index (χ4n) is 2.55. The number of nitrogens with two attached hydrogens (primary N) is 1. The lowest BCUT2D eigenvalue weighted by atomic mass is 9.99. The van der Waals surface area contributed by atoms with E-state index in [2.05, 4.69) is 12.1 Å². The molecule has 2 rings (SSSR count). The Kier molecular flexibility index (Phi) is 6.28. The molecule has 126 valence electrons. The lowest BCUT2D eigenvalue weighted by Crippen LogP contribution is -2.43. The molecule has 0 unspecified atom stereocenters. The molecule has 1 aromatic rings. The molecular formula is C17H24ClN3O2. The summed E-state index contributed by atoms with van der Waals surface area (Å²) in [4.78, 5) is 19.4. The molecule has 1 saturated heterocycles. The van der Waals surface area contributed by atoms with Gasteiger partial charge in [0.2, 0.25) is 6.10 Å². The van der Waals surface area contributed by atoms with Gasteiger partial charge in [0.15, 0.2) is 0 Å². The average Bonchev–Trinajstić information content (AvgIpc) is 2.55. The zero-order chi connectivity index (χ0) is 16.8.